The van der Waals surface area contributed by atoms with E-state index in [0.717, 1.165) is 0 Å². The van der Waals surface area contributed by atoms with Crippen LogP contribution in [0.4, 0.5) is 11.4 Å². The van der Waals surface area contributed by atoms with Gasteiger partial charge in [-0.25, -0.2) is 9.59 Å². The van der Waals surface area contributed by atoms with Crippen LogP contribution in [-0.4, -0.2) is 95.7 Å². The van der Waals surface area contributed by atoms with E-state index in [0.29, 0.717) is 10.8 Å². The van der Waals surface area contributed by atoms with Crippen LogP contribution < -0.4 is 31.4 Å². The first-order valence-electron chi connectivity index (χ1n) is 17.4. The second-order valence-electron chi connectivity index (χ2n) is 14.6. The third kappa shape index (κ3) is 8.23. The van der Waals surface area contributed by atoms with Gasteiger partial charge in [0.05, 0.1) is 17.3 Å². The lowest BCUT2D eigenvalue weighted by molar-refractivity contribution is -0.305. The fourth-order valence-corrected chi connectivity index (χ4v) is 7.10. The zero-order valence-corrected chi connectivity index (χ0v) is 31.2. The molecule has 8 atom stereocenters. The van der Waals surface area contributed by atoms with Crippen molar-refractivity contribution < 1.29 is 62.2 Å². The molecule has 4 heterocycles. The highest BCUT2D eigenvalue weighted by molar-refractivity contribution is 6.08. The van der Waals surface area contributed by atoms with Crippen LogP contribution in [-0.2, 0) is 28.5 Å². The Balaban J connectivity index is 1.07. The maximum absolute atomic E-state index is 12.8. The van der Waals surface area contributed by atoms with Gasteiger partial charge in [-0.1, -0.05) is 6.92 Å². The zero-order valence-electron chi connectivity index (χ0n) is 31.2. The predicted molar refractivity (Wildman–Crippen MR) is 195 cm³/mol. The lowest BCUT2D eigenvalue weighted by Crippen LogP contribution is -2.63. The van der Waals surface area contributed by atoms with Crippen LogP contribution in [0.1, 0.15) is 41.0 Å². The largest absolute Gasteiger partial charge is 0.462 e. The molecular formula is C38H44N2O15. The molecule has 2 aromatic heterocycles. The quantitative estimate of drug-likeness (QED) is 0.115. The van der Waals surface area contributed by atoms with E-state index in [2.05, 4.69) is 10.6 Å². The molecular weight excluding hydrogens is 724 g/mol. The Hall–Kier alpha value is -4.88. The minimum atomic E-state index is -1.44. The minimum Gasteiger partial charge on any atom is -0.462 e. The van der Waals surface area contributed by atoms with E-state index in [9.17, 15) is 34.5 Å². The number of aliphatic hydroxyl groups excluding tert-OH is 3. The molecule has 17 nitrogen and oxygen atoms in total. The average molecular weight is 769 g/mol. The van der Waals surface area contributed by atoms with Crippen LogP contribution in [0.15, 0.2) is 67.0 Å². The number of hydrogen-bond acceptors (Lipinski definition) is 15. The fourth-order valence-electron chi connectivity index (χ4n) is 7.10. The highest BCUT2D eigenvalue weighted by Gasteiger charge is 2.51. The first kappa shape index (κ1) is 39.8. The Morgan fingerprint density at radius 1 is 0.673 bits per heavy atom. The van der Waals surface area contributed by atoms with Gasteiger partial charge in [0.15, 0.2) is 0 Å². The van der Waals surface area contributed by atoms with Gasteiger partial charge in [-0.2, -0.15) is 0 Å². The molecule has 0 aliphatic carbocycles. The van der Waals surface area contributed by atoms with Gasteiger partial charge in [-0.15, -0.1) is 0 Å². The number of rotatable bonds is 10. The van der Waals surface area contributed by atoms with E-state index in [1.54, 1.807) is 33.1 Å². The van der Waals surface area contributed by atoms with Gasteiger partial charge in [0.1, 0.15) is 64.9 Å². The van der Waals surface area contributed by atoms with E-state index in [1.165, 1.54) is 43.5 Å². The summed E-state index contributed by atoms with van der Waals surface area (Å²) in [6.07, 6.45) is -7.98. The van der Waals surface area contributed by atoms with Crippen LogP contribution in [0.5, 0.6) is 11.5 Å². The predicted octanol–water partition coefficient (Wildman–Crippen LogP) is 2.64. The van der Waals surface area contributed by atoms with Gasteiger partial charge in [-0.3, -0.25) is 9.59 Å². The Morgan fingerprint density at radius 2 is 1.11 bits per heavy atom. The second-order valence-corrected chi connectivity index (χ2v) is 14.6. The number of fused-ring (bicyclic) bond motifs is 2. The molecule has 17 heteroatoms. The van der Waals surface area contributed by atoms with E-state index in [4.69, 9.17) is 37.3 Å². The Kier molecular flexibility index (Phi) is 11.1. The van der Waals surface area contributed by atoms with Crippen molar-refractivity contribution in [3.8, 4) is 11.5 Å². The van der Waals surface area contributed by atoms with E-state index < -0.39 is 77.7 Å². The molecule has 0 saturated carbocycles. The number of carbonyl (C=O) groups is 2. The summed E-state index contributed by atoms with van der Waals surface area (Å²) < 4.78 is 45.1. The second kappa shape index (κ2) is 15.3. The van der Waals surface area contributed by atoms with Crippen LogP contribution in [0.2, 0.25) is 0 Å². The minimum absolute atomic E-state index is 0.0819. The number of ether oxygens (including phenoxy) is 6. The molecule has 6 rings (SSSR count). The number of carbonyl (C=O) groups excluding carboxylic acids is 2. The van der Waals surface area contributed by atoms with Crippen molar-refractivity contribution in [1.29, 1.82) is 0 Å². The number of hydrogen-bond donors (Lipinski definition) is 5. The molecule has 296 valence electrons. The van der Waals surface area contributed by atoms with E-state index in [1.807, 2.05) is 20.8 Å². The summed E-state index contributed by atoms with van der Waals surface area (Å²) >= 11 is 0. The molecule has 0 unspecified atom stereocenters. The highest BCUT2D eigenvalue weighted by atomic mass is 16.7. The number of amides is 2. The molecule has 2 aliphatic heterocycles. The summed E-state index contributed by atoms with van der Waals surface area (Å²) in [5.74, 6) is -1.61. The highest BCUT2D eigenvalue weighted by Crippen LogP contribution is 2.37. The van der Waals surface area contributed by atoms with Crippen molar-refractivity contribution >= 4 is 45.1 Å². The van der Waals surface area contributed by atoms with Crippen molar-refractivity contribution in [1.82, 2.24) is 0 Å². The molecule has 2 aromatic carbocycles. The summed E-state index contributed by atoms with van der Waals surface area (Å²) in [7, 11) is 2.94. The summed E-state index contributed by atoms with van der Waals surface area (Å²) in [5, 5.41) is 37.4. The first-order valence-corrected chi connectivity index (χ1v) is 17.4. The summed E-state index contributed by atoms with van der Waals surface area (Å²) in [6.45, 7) is 8.86. The van der Waals surface area contributed by atoms with Gasteiger partial charge in [0.25, 0.3) is 0 Å². The summed E-state index contributed by atoms with van der Waals surface area (Å²) in [5.41, 5.74) is -3.83. The van der Waals surface area contributed by atoms with Gasteiger partial charge in [-0.05, 0) is 64.1 Å². The molecule has 0 spiro atoms. The number of nitrogens with one attached hydrogen (secondary N) is 2. The van der Waals surface area contributed by atoms with Crippen molar-refractivity contribution in [2.24, 2.45) is 5.92 Å². The van der Waals surface area contributed by atoms with E-state index in [-0.39, 0.29) is 46.1 Å². The van der Waals surface area contributed by atoms with Gasteiger partial charge in [0, 0.05) is 43.0 Å². The van der Waals surface area contributed by atoms with Crippen LogP contribution in [0.3, 0.4) is 0 Å². The van der Waals surface area contributed by atoms with Crippen LogP contribution in [0, 0.1) is 5.92 Å². The molecule has 2 saturated heterocycles. The number of benzene rings is 2. The lowest BCUT2D eigenvalue weighted by atomic mass is 9.83. The third-order valence-corrected chi connectivity index (χ3v) is 9.74. The standard InChI is InChI=1S/C38H44N2O15/c1-17-28(43)35(54-37(2,3)31(17)48-6)50-20-10-8-18-12-22(33(46)52-24(18)14-20)39-26(41)16-27(42)40-23-13-19-9-11-21(15-25(19)53-34(23)47)51-36-30(45)29(44)32(49-7)38(4,5)55-36/h8-15,17,28-32,35-36,43-45H,16H2,1-7H3,(H,39,41)(H,40,42)/t17-,28+,29-,30+,31+,32+,35+,36+/m0/s1. The molecule has 2 amide bonds. The molecule has 0 radical (unpaired) electrons. The fraction of sp³-hybridized carbons (Fsp3) is 0.474. The monoisotopic (exact) mass is 768 g/mol. The van der Waals surface area contributed by atoms with E-state index >= 15 is 0 Å². The number of anilines is 2. The van der Waals surface area contributed by atoms with Gasteiger partial charge < -0.3 is 63.2 Å². The smallest absolute Gasteiger partial charge is 0.360 e. The molecule has 2 aliphatic rings. The average Bonchev–Trinajstić information content (AvgIpc) is 3.10. The maximum atomic E-state index is 12.8. The zero-order chi connectivity index (χ0) is 40.0. The van der Waals surface area contributed by atoms with Crippen molar-refractivity contribution in [2.75, 3.05) is 24.9 Å². The summed E-state index contributed by atoms with van der Waals surface area (Å²) in [4.78, 5) is 51.1. The molecule has 4 aromatic rings. The third-order valence-electron chi connectivity index (χ3n) is 9.74. The Morgan fingerprint density at radius 3 is 1.56 bits per heavy atom. The first-order chi connectivity index (χ1) is 25.9. The lowest BCUT2D eigenvalue weighted by Gasteiger charge is -2.47. The molecule has 2 fully saturated rings. The normalized spacial score (nSPS) is 27.4. The number of methoxy groups -OCH3 is 2. The molecule has 55 heavy (non-hydrogen) atoms. The van der Waals surface area contributed by atoms with Crippen molar-refractivity contribution in [3.63, 3.8) is 0 Å². The van der Waals surface area contributed by atoms with Gasteiger partial charge in [0.2, 0.25) is 24.4 Å². The number of aliphatic hydroxyl groups is 3. The van der Waals surface area contributed by atoms with Crippen LogP contribution >= 0.6 is 0 Å². The SMILES string of the molecule is CO[C@@H]1[C@@H](C)[C@@H](O)[C@H](Oc2ccc3cc(NC(=O)CC(=O)Nc4cc5ccc(O[C@@H]6OC(C)(C)[C@H](OC)[C@@H](O)[C@H]6O)cc5oc4=O)c(=O)oc3c2)OC1(C)C. The Bertz CT molecular complexity index is 2040. The van der Waals surface area contributed by atoms with Crippen LogP contribution in [0.25, 0.3) is 21.9 Å². The topological polar surface area (TPSA) is 235 Å². The van der Waals surface area contributed by atoms with Crippen molar-refractivity contribution in [3.05, 3.63) is 69.4 Å². The van der Waals surface area contributed by atoms with Gasteiger partial charge >= 0.3 is 11.3 Å². The molecule has 5 N–H and O–H groups in total. The van der Waals surface area contributed by atoms with Crippen molar-refractivity contribution in [2.45, 2.75) is 95.3 Å². The maximum Gasteiger partial charge on any atom is 0.360 e. The molecule has 0 bridgehead atoms. The Labute approximate surface area is 314 Å². The summed E-state index contributed by atoms with van der Waals surface area (Å²) in [6, 6.07) is 11.8.